The number of piperidine rings is 1. The lowest BCUT2D eigenvalue weighted by molar-refractivity contribution is -0.121. The van der Waals surface area contributed by atoms with E-state index in [1.165, 1.54) is 18.5 Å². The Morgan fingerprint density at radius 1 is 1.18 bits per heavy atom. The molecule has 1 fully saturated rings. The Labute approximate surface area is 167 Å². The number of amides is 1. The van der Waals surface area contributed by atoms with Crippen LogP contribution < -0.4 is 10.2 Å². The molecule has 28 heavy (non-hydrogen) atoms. The predicted octanol–water partition coefficient (Wildman–Crippen LogP) is 4.24. The van der Waals surface area contributed by atoms with Crippen molar-refractivity contribution < 1.29 is 9.21 Å². The largest absolute Gasteiger partial charge is 0.425 e. The third-order valence-electron chi connectivity index (χ3n) is 5.46. The molecule has 152 valence electrons. The summed E-state index contributed by atoms with van der Waals surface area (Å²) in [6.07, 6.45) is 3.32. The van der Waals surface area contributed by atoms with Gasteiger partial charge in [0.05, 0.1) is 6.04 Å². The highest BCUT2D eigenvalue weighted by Crippen LogP contribution is 2.24. The molecule has 1 aromatic carbocycles. The first-order valence-electron chi connectivity index (χ1n) is 10.4. The summed E-state index contributed by atoms with van der Waals surface area (Å²) >= 11 is 0. The molecule has 1 atom stereocenters. The number of benzene rings is 1. The molecule has 0 aliphatic carbocycles. The van der Waals surface area contributed by atoms with Gasteiger partial charge in [0, 0.05) is 37.5 Å². The molecule has 2 heterocycles. The van der Waals surface area contributed by atoms with Gasteiger partial charge < -0.3 is 14.6 Å². The molecular formula is C22H32N4O2. The van der Waals surface area contributed by atoms with Gasteiger partial charge in [-0.3, -0.25) is 4.79 Å². The number of rotatable bonds is 7. The summed E-state index contributed by atoms with van der Waals surface area (Å²) < 4.78 is 5.56. The molecule has 1 saturated heterocycles. The van der Waals surface area contributed by atoms with Crippen LogP contribution in [0.3, 0.4) is 0 Å². The molecule has 1 aliphatic rings. The lowest BCUT2D eigenvalue weighted by atomic mass is 9.98. The molecule has 1 N–H and O–H groups in total. The van der Waals surface area contributed by atoms with Gasteiger partial charge in [-0.2, -0.15) is 0 Å². The molecule has 0 unspecified atom stereocenters. The highest BCUT2D eigenvalue weighted by molar-refractivity contribution is 5.76. The van der Waals surface area contributed by atoms with Gasteiger partial charge in [-0.05, 0) is 43.4 Å². The minimum atomic E-state index is -0.0307. The first-order valence-corrected chi connectivity index (χ1v) is 10.4. The second-order valence-corrected chi connectivity index (χ2v) is 8.24. The van der Waals surface area contributed by atoms with Gasteiger partial charge >= 0.3 is 0 Å². The van der Waals surface area contributed by atoms with Crippen LogP contribution in [0.4, 0.5) is 5.69 Å². The van der Waals surface area contributed by atoms with E-state index in [1.54, 1.807) is 0 Å². The first-order chi connectivity index (χ1) is 13.4. The van der Waals surface area contributed by atoms with E-state index in [1.807, 2.05) is 20.8 Å². The Morgan fingerprint density at radius 2 is 1.86 bits per heavy atom. The molecule has 1 aromatic heterocycles. The molecule has 1 amide bonds. The van der Waals surface area contributed by atoms with Crippen LogP contribution in [0.1, 0.15) is 76.3 Å². The molecule has 0 radical (unpaired) electrons. The first kappa shape index (κ1) is 20.4. The fraction of sp³-hybridized carbons (Fsp3) is 0.591. The van der Waals surface area contributed by atoms with Gasteiger partial charge in [0.15, 0.2) is 0 Å². The zero-order valence-corrected chi connectivity index (χ0v) is 17.4. The SMILES string of the molecule is CC1CCN(c2ccc([C@H](C)NC(=O)CCc3nnc(C(C)C)o3)cc2)CC1. The van der Waals surface area contributed by atoms with Crippen molar-refractivity contribution in [2.24, 2.45) is 5.92 Å². The van der Waals surface area contributed by atoms with Gasteiger partial charge in [-0.1, -0.05) is 32.9 Å². The number of hydrogen-bond donors (Lipinski definition) is 1. The second-order valence-electron chi connectivity index (χ2n) is 8.24. The number of aryl methyl sites for hydroxylation is 1. The van der Waals surface area contributed by atoms with E-state index in [4.69, 9.17) is 4.42 Å². The maximum Gasteiger partial charge on any atom is 0.220 e. The third kappa shape index (κ3) is 5.33. The van der Waals surface area contributed by atoms with E-state index >= 15 is 0 Å². The zero-order valence-electron chi connectivity index (χ0n) is 17.4. The summed E-state index contributed by atoms with van der Waals surface area (Å²) in [5.74, 6) is 2.16. The van der Waals surface area contributed by atoms with E-state index in [0.717, 1.165) is 24.6 Å². The van der Waals surface area contributed by atoms with E-state index in [0.29, 0.717) is 24.6 Å². The Kier molecular flexibility index (Phi) is 6.70. The van der Waals surface area contributed by atoms with Gasteiger partial charge in [-0.25, -0.2) is 0 Å². The Hall–Kier alpha value is -2.37. The molecule has 1 aliphatic heterocycles. The van der Waals surface area contributed by atoms with Crippen LogP contribution in [0.5, 0.6) is 0 Å². The van der Waals surface area contributed by atoms with Crippen LogP contribution in [0, 0.1) is 5.92 Å². The van der Waals surface area contributed by atoms with Crippen LogP contribution in [0.15, 0.2) is 28.7 Å². The fourth-order valence-electron chi connectivity index (χ4n) is 3.46. The van der Waals surface area contributed by atoms with Crippen LogP contribution in [-0.4, -0.2) is 29.2 Å². The topological polar surface area (TPSA) is 71.3 Å². The highest BCUT2D eigenvalue weighted by atomic mass is 16.4. The van der Waals surface area contributed by atoms with Gasteiger partial charge in [0.25, 0.3) is 0 Å². The number of aromatic nitrogens is 2. The predicted molar refractivity (Wildman–Crippen MR) is 110 cm³/mol. The molecule has 2 aromatic rings. The van der Waals surface area contributed by atoms with Crippen molar-refractivity contribution in [2.45, 2.75) is 65.3 Å². The summed E-state index contributed by atoms with van der Waals surface area (Å²) in [6, 6.07) is 8.53. The van der Waals surface area contributed by atoms with E-state index in [9.17, 15) is 4.79 Å². The fourth-order valence-corrected chi connectivity index (χ4v) is 3.46. The zero-order chi connectivity index (χ0) is 20.1. The van der Waals surface area contributed by atoms with Gasteiger partial charge in [0.1, 0.15) is 0 Å². The highest BCUT2D eigenvalue weighted by Gasteiger charge is 2.17. The van der Waals surface area contributed by atoms with E-state index in [2.05, 4.69) is 51.6 Å². The van der Waals surface area contributed by atoms with Crippen molar-refractivity contribution in [1.82, 2.24) is 15.5 Å². The number of anilines is 1. The number of hydrogen-bond acceptors (Lipinski definition) is 5. The van der Waals surface area contributed by atoms with Crippen LogP contribution in [-0.2, 0) is 11.2 Å². The number of nitrogens with one attached hydrogen (secondary N) is 1. The van der Waals surface area contributed by atoms with Crippen LogP contribution in [0.2, 0.25) is 0 Å². The summed E-state index contributed by atoms with van der Waals surface area (Å²) in [5.41, 5.74) is 2.38. The van der Waals surface area contributed by atoms with Crippen molar-refractivity contribution >= 4 is 11.6 Å². The Balaban J connectivity index is 1.48. The average Bonchev–Trinajstić information content (AvgIpc) is 3.16. The van der Waals surface area contributed by atoms with E-state index in [-0.39, 0.29) is 17.9 Å². The number of carbonyl (C=O) groups is 1. The Bertz CT molecular complexity index is 761. The maximum atomic E-state index is 12.3. The molecule has 3 rings (SSSR count). The molecule has 0 bridgehead atoms. The summed E-state index contributed by atoms with van der Waals surface area (Å²) in [5, 5.41) is 11.1. The smallest absolute Gasteiger partial charge is 0.220 e. The molecule has 6 nitrogen and oxygen atoms in total. The van der Waals surface area contributed by atoms with Crippen LogP contribution >= 0.6 is 0 Å². The average molecular weight is 385 g/mol. The monoisotopic (exact) mass is 384 g/mol. The van der Waals surface area contributed by atoms with Crippen molar-refractivity contribution in [3.05, 3.63) is 41.6 Å². The van der Waals surface area contributed by atoms with E-state index < -0.39 is 0 Å². The molecule has 6 heteroatoms. The van der Waals surface area contributed by atoms with Crippen LogP contribution in [0.25, 0.3) is 0 Å². The minimum absolute atomic E-state index is 0.00843. The summed E-state index contributed by atoms with van der Waals surface area (Å²) in [7, 11) is 0. The lowest BCUT2D eigenvalue weighted by Crippen LogP contribution is -2.32. The molecule has 0 spiro atoms. The summed E-state index contributed by atoms with van der Waals surface area (Å²) in [6.45, 7) is 10.6. The minimum Gasteiger partial charge on any atom is -0.425 e. The van der Waals surface area contributed by atoms with Gasteiger partial charge in [0.2, 0.25) is 17.7 Å². The molecule has 0 saturated carbocycles. The van der Waals surface area contributed by atoms with Crippen molar-refractivity contribution in [3.8, 4) is 0 Å². The Morgan fingerprint density at radius 3 is 2.46 bits per heavy atom. The van der Waals surface area contributed by atoms with Crippen molar-refractivity contribution in [1.29, 1.82) is 0 Å². The van der Waals surface area contributed by atoms with Crippen molar-refractivity contribution in [2.75, 3.05) is 18.0 Å². The second kappa shape index (κ2) is 9.22. The number of nitrogens with zero attached hydrogens (tertiary/aromatic N) is 3. The summed E-state index contributed by atoms with van der Waals surface area (Å²) in [4.78, 5) is 14.7. The quantitative estimate of drug-likeness (QED) is 0.773. The van der Waals surface area contributed by atoms with Gasteiger partial charge in [-0.15, -0.1) is 10.2 Å². The molecular weight excluding hydrogens is 352 g/mol. The normalized spacial score (nSPS) is 16.4. The lowest BCUT2D eigenvalue weighted by Gasteiger charge is -2.32. The maximum absolute atomic E-state index is 12.3. The number of carbonyl (C=O) groups excluding carboxylic acids is 1. The standard InChI is InChI=1S/C22H32N4O2/c1-15(2)22-25-24-21(28-22)10-9-20(27)23-17(4)18-5-7-19(8-6-18)26-13-11-16(3)12-14-26/h5-8,15-17H,9-14H2,1-4H3,(H,23,27)/t17-/m0/s1. The third-order valence-corrected chi connectivity index (χ3v) is 5.46. The van der Waals surface area contributed by atoms with Crippen molar-refractivity contribution in [3.63, 3.8) is 0 Å².